The number of primary amides is 1. The van der Waals surface area contributed by atoms with Crippen LogP contribution >= 0.6 is 11.6 Å². The molecule has 0 spiro atoms. The number of hydrogen-bond donors (Lipinski definition) is 1. The third kappa shape index (κ3) is 5.96. The van der Waals surface area contributed by atoms with Crippen LogP contribution in [0, 0.1) is 11.7 Å². The molecule has 0 aliphatic carbocycles. The molecule has 2 N–H and O–H groups in total. The standard InChI is InChI=1S/C33H33ClF3N7O4/c1-17-12-42(20-14-47-15-20)7-6-25(17)44-33-21(11-40-44)30(31(32(38)46)23(41-33)3-5-28(36)37)18-2-4-26-27(8-18)48-16-29(45)43(26)13-24-22(35)9-19(34)10-39-24/h2,4,8-11,17,20,25,28H,3,5-7,12-16H2,1H3,(H2,38,46)/t17-,25?/m1/s1. The van der Waals surface area contributed by atoms with E-state index in [9.17, 15) is 22.8 Å². The summed E-state index contributed by atoms with van der Waals surface area (Å²) < 4.78 is 54.6. The Labute approximate surface area is 278 Å². The Hall–Kier alpha value is -4.27. The first-order valence-corrected chi connectivity index (χ1v) is 16.1. The number of anilines is 1. The molecule has 2 fully saturated rings. The Balaban J connectivity index is 1.31. The van der Waals surface area contributed by atoms with Crippen molar-refractivity contribution in [2.75, 3.05) is 37.8 Å². The second-order valence-corrected chi connectivity index (χ2v) is 12.9. The van der Waals surface area contributed by atoms with Gasteiger partial charge < -0.3 is 15.2 Å². The summed E-state index contributed by atoms with van der Waals surface area (Å²) >= 11 is 5.86. The molecule has 252 valence electrons. The molecule has 6 heterocycles. The first-order chi connectivity index (χ1) is 23.1. The van der Waals surface area contributed by atoms with E-state index in [-0.39, 0.29) is 53.5 Å². The van der Waals surface area contributed by atoms with Crippen LogP contribution < -0.4 is 15.4 Å². The number of pyridine rings is 2. The minimum atomic E-state index is -2.61. The van der Waals surface area contributed by atoms with E-state index in [0.29, 0.717) is 39.6 Å². The van der Waals surface area contributed by atoms with E-state index in [1.165, 1.54) is 11.1 Å². The molecule has 48 heavy (non-hydrogen) atoms. The Morgan fingerprint density at radius 1 is 1.19 bits per heavy atom. The molecule has 15 heteroatoms. The lowest BCUT2D eigenvalue weighted by molar-refractivity contribution is -0.121. The number of rotatable bonds is 9. The largest absolute Gasteiger partial charge is 0.482 e. The zero-order valence-electron chi connectivity index (χ0n) is 26.0. The number of fused-ring (bicyclic) bond motifs is 2. The molecule has 2 amide bonds. The minimum Gasteiger partial charge on any atom is -0.482 e. The van der Waals surface area contributed by atoms with Gasteiger partial charge in [-0.1, -0.05) is 24.6 Å². The van der Waals surface area contributed by atoms with Gasteiger partial charge in [0.25, 0.3) is 11.8 Å². The summed E-state index contributed by atoms with van der Waals surface area (Å²) in [6.07, 6.45) is 0.429. The molecular weight excluding hydrogens is 651 g/mol. The highest BCUT2D eigenvalue weighted by Crippen LogP contribution is 2.42. The molecule has 3 aliphatic rings. The van der Waals surface area contributed by atoms with Gasteiger partial charge >= 0.3 is 0 Å². The maximum Gasteiger partial charge on any atom is 0.265 e. The van der Waals surface area contributed by atoms with Gasteiger partial charge in [-0.3, -0.25) is 24.4 Å². The van der Waals surface area contributed by atoms with E-state index in [2.05, 4.69) is 16.8 Å². The summed E-state index contributed by atoms with van der Waals surface area (Å²) in [5.41, 5.74) is 7.84. The van der Waals surface area contributed by atoms with Crippen molar-refractivity contribution >= 4 is 40.1 Å². The van der Waals surface area contributed by atoms with Crippen LogP contribution in [-0.2, 0) is 22.5 Å². The normalized spacial score (nSPS) is 20.2. The van der Waals surface area contributed by atoms with Crippen molar-refractivity contribution in [2.45, 2.75) is 51.2 Å². The number of halogens is 4. The molecule has 4 aromatic rings. The number of carbonyl (C=O) groups is 2. The number of nitrogens with zero attached hydrogens (tertiary/aromatic N) is 6. The molecule has 2 atom stereocenters. The number of alkyl halides is 2. The lowest BCUT2D eigenvalue weighted by atomic mass is 9.91. The number of amides is 2. The SMILES string of the molecule is C[C@@H]1CN(C2COC2)CCC1n1ncc2c(-c3ccc4c(c3)OCC(=O)N4Cc3ncc(Cl)cc3F)c(C(N)=O)c(CCC(F)F)nc21. The van der Waals surface area contributed by atoms with Gasteiger partial charge in [0.15, 0.2) is 12.3 Å². The van der Waals surface area contributed by atoms with Crippen LogP contribution in [0.5, 0.6) is 5.75 Å². The predicted octanol–water partition coefficient (Wildman–Crippen LogP) is 4.79. The van der Waals surface area contributed by atoms with Crippen LogP contribution in [0.25, 0.3) is 22.2 Å². The van der Waals surface area contributed by atoms with Gasteiger partial charge in [0.2, 0.25) is 6.43 Å². The minimum absolute atomic E-state index is 0.0178. The van der Waals surface area contributed by atoms with Gasteiger partial charge in [-0.2, -0.15) is 5.10 Å². The predicted molar refractivity (Wildman–Crippen MR) is 171 cm³/mol. The van der Waals surface area contributed by atoms with E-state index in [4.69, 9.17) is 36.9 Å². The summed E-state index contributed by atoms with van der Waals surface area (Å²) in [6, 6.07) is 6.46. The van der Waals surface area contributed by atoms with Gasteiger partial charge in [0, 0.05) is 36.7 Å². The van der Waals surface area contributed by atoms with Crippen LogP contribution in [0.3, 0.4) is 0 Å². The lowest BCUT2D eigenvalue weighted by Crippen LogP contribution is -2.54. The summed E-state index contributed by atoms with van der Waals surface area (Å²) in [5.74, 6) is -1.38. The second kappa shape index (κ2) is 13.0. The molecule has 11 nitrogen and oxygen atoms in total. The Kier molecular flexibility index (Phi) is 8.73. The highest BCUT2D eigenvalue weighted by Gasteiger charge is 2.36. The number of benzene rings is 1. The Bertz CT molecular complexity index is 1900. The van der Waals surface area contributed by atoms with Crippen LogP contribution in [0.15, 0.2) is 36.7 Å². The van der Waals surface area contributed by atoms with E-state index in [1.54, 1.807) is 24.4 Å². The van der Waals surface area contributed by atoms with Crippen molar-refractivity contribution in [1.29, 1.82) is 0 Å². The molecular formula is C33H33ClF3N7O4. The van der Waals surface area contributed by atoms with Crippen molar-refractivity contribution < 1.29 is 32.2 Å². The molecule has 2 saturated heterocycles. The smallest absolute Gasteiger partial charge is 0.265 e. The molecule has 1 aromatic carbocycles. The molecule has 7 rings (SSSR count). The third-order valence-electron chi connectivity index (χ3n) is 9.39. The van der Waals surface area contributed by atoms with E-state index >= 15 is 0 Å². The summed E-state index contributed by atoms with van der Waals surface area (Å²) in [6.45, 7) is 4.81. The first-order valence-electron chi connectivity index (χ1n) is 15.8. The van der Waals surface area contributed by atoms with E-state index in [1.807, 2.05) is 4.68 Å². The van der Waals surface area contributed by atoms with Gasteiger partial charge in [0.05, 0.1) is 65.7 Å². The fraction of sp³-hybridized carbons (Fsp3) is 0.424. The van der Waals surface area contributed by atoms with Gasteiger partial charge in [-0.05, 0) is 42.5 Å². The van der Waals surface area contributed by atoms with E-state index < -0.39 is 30.5 Å². The second-order valence-electron chi connectivity index (χ2n) is 12.5. The quantitative estimate of drug-likeness (QED) is 0.267. The summed E-state index contributed by atoms with van der Waals surface area (Å²) in [5, 5.41) is 5.40. The molecule has 0 saturated carbocycles. The number of likely N-dealkylation sites (tertiary alicyclic amines) is 1. The molecule has 3 aromatic heterocycles. The number of piperidine rings is 1. The van der Waals surface area contributed by atoms with Crippen molar-refractivity contribution in [3.63, 3.8) is 0 Å². The number of aryl methyl sites for hydroxylation is 1. The lowest BCUT2D eigenvalue weighted by Gasteiger charge is -2.44. The highest BCUT2D eigenvalue weighted by atomic mass is 35.5. The molecule has 1 unspecified atom stereocenters. The van der Waals surface area contributed by atoms with Crippen LogP contribution in [0.4, 0.5) is 18.9 Å². The van der Waals surface area contributed by atoms with Crippen molar-refractivity contribution in [1.82, 2.24) is 24.6 Å². The maximum absolute atomic E-state index is 14.6. The van der Waals surface area contributed by atoms with Gasteiger partial charge in [-0.25, -0.2) is 22.8 Å². The van der Waals surface area contributed by atoms with Crippen molar-refractivity contribution in [3.8, 4) is 16.9 Å². The third-order valence-corrected chi connectivity index (χ3v) is 9.60. The van der Waals surface area contributed by atoms with Crippen LogP contribution in [-0.4, -0.2) is 81.8 Å². The van der Waals surface area contributed by atoms with E-state index in [0.717, 1.165) is 38.8 Å². The average Bonchev–Trinajstić information content (AvgIpc) is 3.44. The number of ether oxygens (including phenoxy) is 2. The number of aromatic nitrogens is 4. The number of nitrogens with two attached hydrogens (primary N) is 1. The first kappa shape index (κ1) is 32.3. The maximum atomic E-state index is 14.6. The van der Waals surface area contributed by atoms with Crippen molar-refractivity contribution in [3.05, 3.63) is 64.5 Å². The Morgan fingerprint density at radius 3 is 2.69 bits per heavy atom. The zero-order valence-corrected chi connectivity index (χ0v) is 26.8. The van der Waals surface area contributed by atoms with Crippen LogP contribution in [0.2, 0.25) is 5.02 Å². The molecule has 3 aliphatic heterocycles. The average molecular weight is 684 g/mol. The van der Waals surface area contributed by atoms with Crippen molar-refractivity contribution in [2.24, 2.45) is 11.7 Å². The summed E-state index contributed by atoms with van der Waals surface area (Å²) in [4.78, 5) is 38.6. The number of hydrogen-bond acceptors (Lipinski definition) is 8. The molecule has 0 radical (unpaired) electrons. The van der Waals surface area contributed by atoms with Gasteiger partial charge in [-0.15, -0.1) is 0 Å². The molecule has 0 bridgehead atoms. The Morgan fingerprint density at radius 2 is 2.00 bits per heavy atom. The number of carbonyl (C=O) groups excluding carboxylic acids is 2. The fourth-order valence-corrected chi connectivity index (χ4v) is 7.02. The monoisotopic (exact) mass is 683 g/mol. The fourth-order valence-electron chi connectivity index (χ4n) is 6.88. The van der Waals surface area contributed by atoms with Gasteiger partial charge in [0.1, 0.15) is 11.6 Å². The van der Waals surface area contributed by atoms with Crippen LogP contribution in [0.1, 0.15) is 47.6 Å². The highest BCUT2D eigenvalue weighted by molar-refractivity contribution is 6.30. The zero-order chi connectivity index (χ0) is 33.7. The topological polar surface area (TPSA) is 129 Å². The summed E-state index contributed by atoms with van der Waals surface area (Å²) in [7, 11) is 0.